The Morgan fingerprint density at radius 2 is 2.20 bits per heavy atom. The molecule has 0 aromatic carbocycles. The molecule has 104 valence electrons. The molecular formula is C12H14N6S2. The molecule has 0 saturated heterocycles. The molecule has 8 heteroatoms. The summed E-state index contributed by atoms with van der Waals surface area (Å²) in [4.78, 5) is 15.2. The number of hydrazine groups is 1. The molecule has 0 amide bonds. The molecule has 1 unspecified atom stereocenters. The molecule has 20 heavy (non-hydrogen) atoms. The van der Waals surface area contributed by atoms with Gasteiger partial charge in [0.15, 0.2) is 0 Å². The molecule has 0 bridgehead atoms. The molecule has 3 aromatic rings. The number of hydrogen-bond donors (Lipinski definition) is 3. The van der Waals surface area contributed by atoms with Crippen LogP contribution < -0.4 is 16.6 Å². The van der Waals surface area contributed by atoms with Gasteiger partial charge in [0, 0.05) is 11.1 Å². The first-order valence-electron chi connectivity index (χ1n) is 6.08. The number of aromatic nitrogens is 3. The third-order valence-corrected chi connectivity index (χ3v) is 4.72. The van der Waals surface area contributed by atoms with Gasteiger partial charge in [-0.15, -0.1) is 22.7 Å². The van der Waals surface area contributed by atoms with Crippen LogP contribution in [0.15, 0.2) is 17.6 Å². The van der Waals surface area contributed by atoms with Crippen LogP contribution in [0.25, 0.3) is 10.2 Å². The lowest BCUT2D eigenvalue weighted by molar-refractivity contribution is 0.862. The molecule has 3 rings (SSSR count). The first-order valence-corrected chi connectivity index (χ1v) is 7.77. The third-order valence-electron chi connectivity index (χ3n) is 2.82. The number of nitrogen functional groups attached to an aromatic ring is 1. The molecule has 3 heterocycles. The van der Waals surface area contributed by atoms with Crippen molar-refractivity contribution in [3.8, 4) is 0 Å². The van der Waals surface area contributed by atoms with Crippen molar-refractivity contribution in [3.05, 3.63) is 27.5 Å². The summed E-state index contributed by atoms with van der Waals surface area (Å²) in [7, 11) is 0. The zero-order valence-corrected chi connectivity index (χ0v) is 12.7. The molecule has 0 aliphatic rings. The van der Waals surface area contributed by atoms with Gasteiger partial charge >= 0.3 is 0 Å². The zero-order valence-electron chi connectivity index (χ0n) is 11.0. The average molecular weight is 306 g/mol. The van der Waals surface area contributed by atoms with Crippen LogP contribution in [0.5, 0.6) is 0 Å². The fourth-order valence-corrected chi connectivity index (χ4v) is 3.41. The highest BCUT2D eigenvalue weighted by molar-refractivity contribution is 7.16. The maximum absolute atomic E-state index is 5.42. The number of thiazole rings is 1. The van der Waals surface area contributed by atoms with Crippen LogP contribution in [-0.2, 0) is 0 Å². The Balaban J connectivity index is 1.95. The SMILES string of the molecule is Cc1cnc(C(C)Nc2nc(NN)nc3sccc23)s1. The van der Waals surface area contributed by atoms with Gasteiger partial charge in [0.05, 0.1) is 11.4 Å². The van der Waals surface area contributed by atoms with Gasteiger partial charge in [-0.2, -0.15) is 4.98 Å². The normalized spacial score (nSPS) is 12.6. The summed E-state index contributed by atoms with van der Waals surface area (Å²) in [6.45, 7) is 4.11. The number of nitrogens with one attached hydrogen (secondary N) is 2. The van der Waals surface area contributed by atoms with Crippen molar-refractivity contribution in [2.45, 2.75) is 19.9 Å². The van der Waals surface area contributed by atoms with E-state index in [1.165, 1.54) is 4.88 Å². The van der Waals surface area contributed by atoms with Gasteiger partial charge in [-0.1, -0.05) is 0 Å². The van der Waals surface area contributed by atoms with E-state index in [4.69, 9.17) is 5.84 Å². The Bertz CT molecular complexity index is 734. The molecule has 3 aromatic heterocycles. The predicted octanol–water partition coefficient (Wildman–Crippen LogP) is 2.91. The highest BCUT2D eigenvalue weighted by atomic mass is 32.1. The van der Waals surface area contributed by atoms with Gasteiger partial charge in [-0.3, -0.25) is 5.43 Å². The summed E-state index contributed by atoms with van der Waals surface area (Å²) < 4.78 is 0. The molecule has 0 radical (unpaired) electrons. The van der Waals surface area contributed by atoms with E-state index >= 15 is 0 Å². The topological polar surface area (TPSA) is 88.8 Å². The van der Waals surface area contributed by atoms with Gasteiger partial charge in [0.2, 0.25) is 5.95 Å². The first-order chi connectivity index (χ1) is 9.67. The minimum Gasteiger partial charge on any atom is -0.360 e. The lowest BCUT2D eigenvalue weighted by atomic mass is 10.3. The third kappa shape index (κ3) is 2.45. The predicted molar refractivity (Wildman–Crippen MR) is 84.1 cm³/mol. The van der Waals surface area contributed by atoms with Crippen LogP contribution in [0.3, 0.4) is 0 Å². The summed E-state index contributed by atoms with van der Waals surface area (Å²) in [5.41, 5.74) is 2.50. The first kappa shape index (κ1) is 13.2. The number of fused-ring (bicyclic) bond motifs is 1. The average Bonchev–Trinajstić information content (AvgIpc) is 3.06. The van der Waals surface area contributed by atoms with Gasteiger partial charge in [-0.25, -0.2) is 15.8 Å². The lowest BCUT2D eigenvalue weighted by Crippen LogP contribution is -2.13. The van der Waals surface area contributed by atoms with E-state index in [9.17, 15) is 0 Å². The van der Waals surface area contributed by atoms with Gasteiger partial charge in [0.1, 0.15) is 15.7 Å². The molecular weight excluding hydrogens is 292 g/mol. The Morgan fingerprint density at radius 3 is 2.90 bits per heavy atom. The van der Waals surface area contributed by atoms with Crippen molar-refractivity contribution in [1.82, 2.24) is 15.0 Å². The molecule has 0 fully saturated rings. The van der Waals surface area contributed by atoms with Crippen molar-refractivity contribution < 1.29 is 0 Å². The number of nitrogens with zero attached hydrogens (tertiary/aromatic N) is 3. The molecule has 4 N–H and O–H groups in total. The van der Waals surface area contributed by atoms with Gasteiger partial charge in [0.25, 0.3) is 0 Å². The summed E-state index contributed by atoms with van der Waals surface area (Å²) in [6.07, 6.45) is 1.88. The van der Waals surface area contributed by atoms with Crippen LogP contribution >= 0.6 is 22.7 Å². The molecule has 0 aliphatic heterocycles. The largest absolute Gasteiger partial charge is 0.360 e. The molecule has 0 aliphatic carbocycles. The summed E-state index contributed by atoms with van der Waals surface area (Å²) >= 11 is 3.24. The summed E-state index contributed by atoms with van der Waals surface area (Å²) in [5, 5.41) is 7.40. The Labute approximate surface area is 124 Å². The highest BCUT2D eigenvalue weighted by Crippen LogP contribution is 2.29. The van der Waals surface area contributed by atoms with E-state index in [0.717, 1.165) is 21.0 Å². The van der Waals surface area contributed by atoms with Crippen molar-refractivity contribution in [2.24, 2.45) is 5.84 Å². The number of nitrogens with two attached hydrogens (primary N) is 1. The fraction of sp³-hybridized carbons (Fsp3) is 0.250. The van der Waals surface area contributed by atoms with Crippen molar-refractivity contribution in [3.63, 3.8) is 0 Å². The van der Waals surface area contributed by atoms with Crippen molar-refractivity contribution in [2.75, 3.05) is 10.7 Å². The Kier molecular flexibility index (Phi) is 3.51. The van der Waals surface area contributed by atoms with E-state index in [1.807, 2.05) is 24.6 Å². The van der Waals surface area contributed by atoms with E-state index in [2.05, 4.69) is 32.6 Å². The standard InChI is InChI=1S/C12H14N6S2/c1-6-5-14-10(20-6)7(2)15-9-8-3-4-19-11(8)17-12(16-9)18-13/h3-5,7H,13H2,1-2H3,(H2,15,16,17,18). The quantitative estimate of drug-likeness (QED) is 0.507. The summed E-state index contributed by atoms with van der Waals surface area (Å²) in [6, 6.07) is 2.08. The molecule has 1 atom stereocenters. The second-order valence-electron chi connectivity index (χ2n) is 4.35. The minimum absolute atomic E-state index is 0.0809. The van der Waals surface area contributed by atoms with Crippen LogP contribution in [0, 0.1) is 6.92 Å². The fourth-order valence-electron chi connectivity index (χ4n) is 1.87. The second-order valence-corrected chi connectivity index (χ2v) is 6.52. The van der Waals surface area contributed by atoms with Gasteiger partial charge in [-0.05, 0) is 25.3 Å². The molecule has 6 nitrogen and oxygen atoms in total. The number of anilines is 2. The maximum atomic E-state index is 5.42. The van der Waals surface area contributed by atoms with Crippen molar-refractivity contribution >= 4 is 44.7 Å². The van der Waals surface area contributed by atoms with E-state index in [0.29, 0.717) is 5.95 Å². The van der Waals surface area contributed by atoms with Crippen LogP contribution in [-0.4, -0.2) is 15.0 Å². The minimum atomic E-state index is 0.0809. The van der Waals surface area contributed by atoms with Crippen molar-refractivity contribution in [1.29, 1.82) is 0 Å². The van der Waals surface area contributed by atoms with Crippen LogP contribution in [0.1, 0.15) is 22.9 Å². The molecule has 0 spiro atoms. The van der Waals surface area contributed by atoms with E-state index in [-0.39, 0.29) is 6.04 Å². The summed E-state index contributed by atoms with van der Waals surface area (Å²) in [5.74, 6) is 6.59. The van der Waals surface area contributed by atoms with E-state index in [1.54, 1.807) is 22.7 Å². The number of hydrogen-bond acceptors (Lipinski definition) is 8. The number of aryl methyl sites for hydroxylation is 1. The maximum Gasteiger partial charge on any atom is 0.240 e. The molecule has 0 saturated carbocycles. The van der Waals surface area contributed by atoms with Crippen LogP contribution in [0.2, 0.25) is 0 Å². The Hall–Kier alpha value is -1.77. The van der Waals surface area contributed by atoms with Gasteiger partial charge < -0.3 is 5.32 Å². The van der Waals surface area contributed by atoms with E-state index < -0.39 is 0 Å². The Morgan fingerprint density at radius 1 is 1.35 bits per heavy atom. The lowest BCUT2D eigenvalue weighted by Gasteiger charge is -2.13. The monoisotopic (exact) mass is 306 g/mol. The zero-order chi connectivity index (χ0) is 14.1. The van der Waals surface area contributed by atoms with Crippen LogP contribution in [0.4, 0.5) is 11.8 Å². The smallest absolute Gasteiger partial charge is 0.240 e. The highest BCUT2D eigenvalue weighted by Gasteiger charge is 2.14. The number of rotatable bonds is 4. The second kappa shape index (κ2) is 5.31. The number of thiophene rings is 1.